The lowest BCUT2D eigenvalue weighted by atomic mass is 9.98. The van der Waals surface area contributed by atoms with Crippen molar-refractivity contribution in [3.8, 4) is 0 Å². The van der Waals surface area contributed by atoms with Crippen LogP contribution in [0, 0.1) is 0 Å². The van der Waals surface area contributed by atoms with Crippen LogP contribution in [-0.4, -0.2) is 11.3 Å². The van der Waals surface area contributed by atoms with Gasteiger partial charge in [0.2, 0.25) is 0 Å². The van der Waals surface area contributed by atoms with Crippen molar-refractivity contribution in [2.75, 3.05) is 0 Å². The van der Waals surface area contributed by atoms with Gasteiger partial charge in [-0.1, -0.05) is 41.9 Å². The summed E-state index contributed by atoms with van der Waals surface area (Å²) in [4.78, 5) is 0. The highest BCUT2D eigenvalue weighted by Gasteiger charge is 2.28. The molecular weight excluding hydrogens is 277 g/mol. The van der Waals surface area contributed by atoms with E-state index in [9.17, 15) is 18.3 Å². The molecule has 0 fully saturated rings. The van der Waals surface area contributed by atoms with E-state index < -0.39 is 18.7 Å². The molecule has 0 bridgehead atoms. The summed E-state index contributed by atoms with van der Waals surface area (Å²) < 4.78 is 36.5. The van der Waals surface area contributed by atoms with Gasteiger partial charge in [-0.25, -0.2) is 0 Å². The minimum absolute atomic E-state index is 0.352. The molecule has 1 atom stereocenters. The van der Waals surface area contributed by atoms with Gasteiger partial charge in [0.15, 0.2) is 0 Å². The highest BCUT2D eigenvalue weighted by atomic mass is 35.5. The first kappa shape index (κ1) is 14.2. The number of rotatable bonds is 3. The molecule has 0 saturated heterocycles. The zero-order valence-electron chi connectivity index (χ0n) is 9.91. The molecule has 0 aliphatic heterocycles. The van der Waals surface area contributed by atoms with Gasteiger partial charge in [-0.15, -0.1) is 0 Å². The lowest BCUT2D eigenvalue weighted by molar-refractivity contribution is -0.140. The molecule has 0 aliphatic carbocycles. The Bertz CT molecular complexity index is 580. The Hall–Kier alpha value is -1.26. The van der Waals surface area contributed by atoms with E-state index in [1.165, 1.54) is 0 Å². The first-order chi connectivity index (χ1) is 8.88. The molecule has 0 radical (unpaired) electrons. The van der Waals surface area contributed by atoms with Gasteiger partial charge in [0.25, 0.3) is 0 Å². The second-order valence-electron chi connectivity index (χ2n) is 4.35. The van der Waals surface area contributed by atoms with Crippen molar-refractivity contribution in [3.63, 3.8) is 0 Å². The zero-order chi connectivity index (χ0) is 14.0. The van der Waals surface area contributed by atoms with Gasteiger partial charge >= 0.3 is 6.18 Å². The van der Waals surface area contributed by atoms with Gasteiger partial charge < -0.3 is 5.11 Å². The first-order valence-electron chi connectivity index (χ1n) is 5.80. The fourth-order valence-electron chi connectivity index (χ4n) is 2.03. The van der Waals surface area contributed by atoms with Crippen LogP contribution < -0.4 is 0 Å². The van der Waals surface area contributed by atoms with Crippen LogP contribution in [0.4, 0.5) is 13.2 Å². The highest BCUT2D eigenvalue weighted by Crippen LogP contribution is 2.33. The number of aliphatic hydroxyl groups excluding tert-OH is 1. The normalized spacial score (nSPS) is 13.7. The fourth-order valence-corrected chi connectivity index (χ4v) is 2.26. The number of hydrogen-bond acceptors (Lipinski definition) is 1. The standard InChI is InChI=1S/C14H12ClF3O/c15-12-6-5-11(9-3-1-2-4-10(9)12)13(19)7-8-14(16,17)18/h1-6,13,19H,7-8H2. The van der Waals surface area contributed by atoms with Crippen molar-refractivity contribution in [1.82, 2.24) is 0 Å². The molecule has 0 saturated carbocycles. The maximum absolute atomic E-state index is 12.2. The number of hydrogen-bond donors (Lipinski definition) is 1. The van der Waals surface area contributed by atoms with Crippen LogP contribution >= 0.6 is 11.6 Å². The zero-order valence-corrected chi connectivity index (χ0v) is 10.7. The van der Waals surface area contributed by atoms with Crippen molar-refractivity contribution in [1.29, 1.82) is 0 Å². The topological polar surface area (TPSA) is 20.2 Å². The van der Waals surface area contributed by atoms with Crippen LogP contribution in [0.1, 0.15) is 24.5 Å². The van der Waals surface area contributed by atoms with Crippen molar-refractivity contribution in [2.24, 2.45) is 0 Å². The summed E-state index contributed by atoms with van der Waals surface area (Å²) in [6, 6.07) is 10.2. The van der Waals surface area contributed by atoms with Crippen LogP contribution in [-0.2, 0) is 0 Å². The van der Waals surface area contributed by atoms with E-state index in [-0.39, 0.29) is 6.42 Å². The molecule has 0 heterocycles. The highest BCUT2D eigenvalue weighted by molar-refractivity contribution is 6.35. The van der Waals surface area contributed by atoms with Gasteiger partial charge in [-0.2, -0.15) is 13.2 Å². The Morgan fingerprint density at radius 2 is 1.68 bits per heavy atom. The lowest BCUT2D eigenvalue weighted by Crippen LogP contribution is -2.10. The Kier molecular flexibility index (Phi) is 4.02. The van der Waals surface area contributed by atoms with E-state index in [1.807, 2.05) is 0 Å². The van der Waals surface area contributed by atoms with Crippen molar-refractivity contribution >= 4 is 22.4 Å². The average molecular weight is 289 g/mol. The average Bonchev–Trinajstić information content (AvgIpc) is 2.36. The molecule has 1 N–H and O–H groups in total. The summed E-state index contributed by atoms with van der Waals surface area (Å²) in [5.41, 5.74) is 0.476. The molecule has 0 aromatic heterocycles. The van der Waals surface area contributed by atoms with Gasteiger partial charge in [0.1, 0.15) is 0 Å². The van der Waals surface area contributed by atoms with Crippen molar-refractivity contribution < 1.29 is 18.3 Å². The molecular formula is C14H12ClF3O. The molecule has 1 unspecified atom stereocenters. The maximum Gasteiger partial charge on any atom is 0.389 e. The Morgan fingerprint density at radius 3 is 2.32 bits per heavy atom. The molecule has 19 heavy (non-hydrogen) atoms. The van der Waals surface area contributed by atoms with Gasteiger partial charge in [-0.05, 0) is 23.4 Å². The maximum atomic E-state index is 12.2. The molecule has 5 heteroatoms. The van der Waals surface area contributed by atoms with E-state index >= 15 is 0 Å². The smallest absolute Gasteiger partial charge is 0.388 e. The second-order valence-corrected chi connectivity index (χ2v) is 4.76. The first-order valence-corrected chi connectivity index (χ1v) is 6.18. The summed E-state index contributed by atoms with van der Waals surface area (Å²) in [5, 5.41) is 11.9. The molecule has 0 aliphatic rings. The largest absolute Gasteiger partial charge is 0.389 e. The summed E-state index contributed by atoms with van der Waals surface area (Å²) >= 11 is 6.02. The fraction of sp³-hybridized carbons (Fsp3) is 0.286. The number of fused-ring (bicyclic) bond motifs is 1. The predicted octanol–water partition coefficient (Wildman–Crippen LogP) is 4.87. The Morgan fingerprint density at radius 1 is 1.05 bits per heavy atom. The summed E-state index contributed by atoms with van der Waals surface area (Å²) in [5.74, 6) is 0. The van der Waals surface area contributed by atoms with E-state index in [4.69, 9.17) is 11.6 Å². The van der Waals surface area contributed by atoms with Crippen molar-refractivity contribution in [3.05, 3.63) is 47.0 Å². The molecule has 2 aromatic carbocycles. The molecule has 0 spiro atoms. The Balaban J connectivity index is 2.32. The quantitative estimate of drug-likeness (QED) is 0.854. The SMILES string of the molecule is OC(CCC(F)(F)F)c1ccc(Cl)c2ccccc12. The van der Waals surface area contributed by atoms with Crippen LogP contribution in [0.15, 0.2) is 36.4 Å². The number of benzene rings is 2. The third-order valence-corrected chi connectivity index (χ3v) is 3.29. The second kappa shape index (κ2) is 5.39. The van der Waals surface area contributed by atoms with Gasteiger partial charge in [0, 0.05) is 16.8 Å². The Labute approximate surface area is 113 Å². The molecule has 2 aromatic rings. The van der Waals surface area contributed by atoms with Gasteiger partial charge in [0.05, 0.1) is 6.10 Å². The van der Waals surface area contributed by atoms with E-state index in [0.29, 0.717) is 16.0 Å². The molecule has 2 rings (SSSR count). The van der Waals surface area contributed by atoms with Crippen LogP contribution in [0.25, 0.3) is 10.8 Å². The van der Waals surface area contributed by atoms with Crippen LogP contribution in [0.5, 0.6) is 0 Å². The number of halogens is 4. The summed E-state index contributed by atoms with van der Waals surface area (Å²) in [7, 11) is 0. The van der Waals surface area contributed by atoms with E-state index in [2.05, 4.69) is 0 Å². The summed E-state index contributed by atoms with van der Waals surface area (Å²) in [6.45, 7) is 0. The number of aliphatic hydroxyl groups is 1. The van der Waals surface area contributed by atoms with Crippen LogP contribution in [0.2, 0.25) is 5.02 Å². The lowest BCUT2D eigenvalue weighted by Gasteiger charge is -2.15. The molecule has 0 amide bonds. The van der Waals surface area contributed by atoms with Crippen molar-refractivity contribution in [2.45, 2.75) is 25.1 Å². The minimum Gasteiger partial charge on any atom is -0.388 e. The summed E-state index contributed by atoms with van der Waals surface area (Å²) in [6.07, 6.45) is -6.77. The number of alkyl halides is 3. The molecule has 102 valence electrons. The van der Waals surface area contributed by atoms with E-state index in [1.54, 1.807) is 36.4 Å². The molecule has 1 nitrogen and oxygen atoms in total. The van der Waals surface area contributed by atoms with Gasteiger partial charge in [-0.3, -0.25) is 0 Å². The third-order valence-electron chi connectivity index (χ3n) is 2.96. The predicted molar refractivity (Wildman–Crippen MR) is 69.2 cm³/mol. The minimum atomic E-state index is -4.26. The van der Waals surface area contributed by atoms with E-state index in [0.717, 1.165) is 5.39 Å². The van der Waals surface area contributed by atoms with Crippen LogP contribution in [0.3, 0.4) is 0 Å². The monoisotopic (exact) mass is 288 g/mol. The third kappa shape index (κ3) is 3.39.